The Balaban J connectivity index is 1.56. The fourth-order valence-corrected chi connectivity index (χ4v) is 5.99. The number of aliphatic hydroxyl groups excluding tert-OH is 2. The summed E-state index contributed by atoms with van der Waals surface area (Å²) in [5, 5.41) is 21.3. The first kappa shape index (κ1) is 20.2. The van der Waals surface area contributed by atoms with Gasteiger partial charge in [0.25, 0.3) is 0 Å². The molecule has 5 rings (SSSR count). The van der Waals surface area contributed by atoms with Crippen molar-refractivity contribution in [1.29, 1.82) is 0 Å². The zero-order valence-electron chi connectivity index (χ0n) is 17.5. The number of thiophene rings is 1. The zero-order chi connectivity index (χ0) is 20.9. The molecule has 1 saturated heterocycles. The molecule has 4 nitrogen and oxygen atoms in total. The summed E-state index contributed by atoms with van der Waals surface area (Å²) in [4.78, 5) is 1.33. The van der Waals surface area contributed by atoms with Crippen LogP contribution in [0.4, 0.5) is 0 Å². The minimum atomic E-state index is -0.954. The highest BCUT2D eigenvalue weighted by atomic mass is 32.1. The average Bonchev–Trinajstić information content (AvgIpc) is 3.23. The summed E-state index contributed by atoms with van der Waals surface area (Å²) in [6.45, 7) is 4.73. The van der Waals surface area contributed by atoms with E-state index in [9.17, 15) is 10.2 Å². The van der Waals surface area contributed by atoms with Crippen LogP contribution in [0.15, 0.2) is 36.4 Å². The quantitative estimate of drug-likeness (QED) is 0.644. The molecule has 5 heteroatoms. The molecule has 0 unspecified atom stereocenters. The number of benzene rings is 2. The van der Waals surface area contributed by atoms with Gasteiger partial charge in [0.05, 0.1) is 25.4 Å². The Morgan fingerprint density at radius 3 is 2.67 bits per heavy atom. The Bertz CT molecular complexity index is 1070. The van der Waals surface area contributed by atoms with E-state index >= 15 is 0 Å². The van der Waals surface area contributed by atoms with E-state index in [0.29, 0.717) is 19.4 Å². The fourth-order valence-electron chi connectivity index (χ4n) is 4.86. The third-order valence-corrected chi connectivity index (χ3v) is 7.61. The van der Waals surface area contributed by atoms with E-state index in [1.54, 1.807) is 0 Å². The molecule has 2 aliphatic rings. The van der Waals surface area contributed by atoms with Gasteiger partial charge in [0.1, 0.15) is 0 Å². The number of aliphatic hydroxyl groups is 2. The molecule has 0 radical (unpaired) electrons. The highest BCUT2D eigenvalue weighted by Gasteiger charge is 2.48. The largest absolute Gasteiger partial charge is 0.394 e. The van der Waals surface area contributed by atoms with Crippen LogP contribution in [0, 0.1) is 6.92 Å². The van der Waals surface area contributed by atoms with E-state index in [4.69, 9.17) is 9.47 Å². The van der Waals surface area contributed by atoms with Crippen molar-refractivity contribution in [3.05, 3.63) is 69.1 Å². The van der Waals surface area contributed by atoms with Gasteiger partial charge < -0.3 is 19.7 Å². The predicted octanol–water partition coefficient (Wildman–Crippen LogP) is 4.58. The first-order valence-electron chi connectivity index (χ1n) is 10.7. The van der Waals surface area contributed by atoms with Gasteiger partial charge in [0, 0.05) is 28.0 Å². The average molecular weight is 425 g/mol. The second-order valence-corrected chi connectivity index (χ2v) is 9.80. The predicted molar refractivity (Wildman–Crippen MR) is 119 cm³/mol. The summed E-state index contributed by atoms with van der Waals surface area (Å²) < 4.78 is 13.6. The van der Waals surface area contributed by atoms with Crippen molar-refractivity contribution in [2.75, 3.05) is 6.61 Å². The van der Waals surface area contributed by atoms with Crippen LogP contribution in [0.3, 0.4) is 0 Å². The lowest BCUT2D eigenvalue weighted by Crippen LogP contribution is -2.45. The maximum absolute atomic E-state index is 10.4. The molecule has 0 amide bonds. The number of aryl methyl sites for hydroxylation is 2. The Morgan fingerprint density at radius 2 is 1.93 bits per heavy atom. The molecule has 2 N–H and O–H groups in total. The van der Waals surface area contributed by atoms with E-state index in [-0.39, 0.29) is 6.61 Å². The molecule has 0 aliphatic carbocycles. The van der Waals surface area contributed by atoms with Crippen molar-refractivity contribution < 1.29 is 19.7 Å². The lowest BCUT2D eigenvalue weighted by Gasteiger charge is -2.40. The van der Waals surface area contributed by atoms with Crippen molar-refractivity contribution in [1.82, 2.24) is 0 Å². The molecule has 1 fully saturated rings. The summed E-state index contributed by atoms with van der Waals surface area (Å²) in [7, 11) is 0. The first-order chi connectivity index (χ1) is 14.5. The van der Waals surface area contributed by atoms with Crippen molar-refractivity contribution in [2.45, 2.75) is 64.1 Å². The van der Waals surface area contributed by atoms with E-state index < -0.39 is 18.0 Å². The number of ether oxygens (including phenoxy) is 2. The highest BCUT2D eigenvalue weighted by molar-refractivity contribution is 7.19. The second kappa shape index (κ2) is 7.74. The van der Waals surface area contributed by atoms with Gasteiger partial charge in [-0.3, -0.25) is 0 Å². The Kier molecular flexibility index (Phi) is 5.20. The van der Waals surface area contributed by atoms with Crippen LogP contribution in [-0.4, -0.2) is 29.0 Å². The van der Waals surface area contributed by atoms with Crippen LogP contribution < -0.4 is 0 Å². The Hall–Kier alpha value is -1.76. The number of hydrogen-bond donors (Lipinski definition) is 2. The fraction of sp³-hybridized carbons (Fsp3) is 0.440. The summed E-state index contributed by atoms with van der Waals surface area (Å²) in [6, 6.07) is 13.3. The van der Waals surface area contributed by atoms with Crippen LogP contribution in [-0.2, 0) is 34.7 Å². The topological polar surface area (TPSA) is 58.9 Å². The van der Waals surface area contributed by atoms with Crippen molar-refractivity contribution in [2.24, 2.45) is 0 Å². The van der Waals surface area contributed by atoms with E-state index in [2.05, 4.69) is 50.2 Å². The monoisotopic (exact) mass is 424 g/mol. The highest BCUT2D eigenvalue weighted by Crippen LogP contribution is 2.48. The maximum Gasteiger partial charge on any atom is 0.198 e. The number of rotatable bonds is 4. The van der Waals surface area contributed by atoms with Gasteiger partial charge in [0.2, 0.25) is 0 Å². The molecule has 2 aromatic carbocycles. The van der Waals surface area contributed by atoms with E-state index in [1.165, 1.54) is 31.7 Å². The third-order valence-electron chi connectivity index (χ3n) is 6.50. The van der Waals surface area contributed by atoms with Gasteiger partial charge in [-0.05, 0) is 59.5 Å². The molecule has 1 spiro atoms. The van der Waals surface area contributed by atoms with E-state index in [1.807, 2.05) is 11.3 Å². The lowest BCUT2D eigenvalue weighted by molar-refractivity contribution is -0.302. The van der Waals surface area contributed by atoms with Crippen LogP contribution in [0.2, 0.25) is 0 Å². The normalized spacial score (nSPS) is 25.9. The molecular weight excluding hydrogens is 396 g/mol. The van der Waals surface area contributed by atoms with Crippen LogP contribution in [0.5, 0.6) is 0 Å². The van der Waals surface area contributed by atoms with Gasteiger partial charge in [-0.25, -0.2) is 0 Å². The van der Waals surface area contributed by atoms with Crippen LogP contribution >= 0.6 is 11.3 Å². The molecule has 0 saturated carbocycles. The van der Waals surface area contributed by atoms with Gasteiger partial charge in [0.15, 0.2) is 5.79 Å². The van der Waals surface area contributed by atoms with Crippen molar-refractivity contribution in [3.8, 4) is 0 Å². The molecular formula is C25H28O4S. The molecule has 3 heterocycles. The molecule has 3 atom stereocenters. The molecule has 158 valence electrons. The smallest absolute Gasteiger partial charge is 0.198 e. The van der Waals surface area contributed by atoms with E-state index in [0.717, 1.165) is 24.0 Å². The SMILES string of the molecule is CCc1ccc(Cc2c(C)sc3cc4c(cc23)[C@]2(C[C@@H](O)C[C@@H](CO)O2)OC4)cc1. The van der Waals surface area contributed by atoms with Crippen molar-refractivity contribution >= 4 is 21.4 Å². The third kappa shape index (κ3) is 3.39. The summed E-state index contributed by atoms with van der Waals surface area (Å²) in [5.41, 5.74) is 6.14. The van der Waals surface area contributed by atoms with Gasteiger partial charge in [-0.2, -0.15) is 0 Å². The number of hydrogen-bond acceptors (Lipinski definition) is 5. The van der Waals surface area contributed by atoms with Crippen LogP contribution in [0.25, 0.3) is 10.1 Å². The van der Waals surface area contributed by atoms with Crippen molar-refractivity contribution in [3.63, 3.8) is 0 Å². The lowest BCUT2D eigenvalue weighted by atomic mass is 9.90. The van der Waals surface area contributed by atoms with Gasteiger partial charge in [-0.15, -0.1) is 11.3 Å². The van der Waals surface area contributed by atoms with Crippen LogP contribution in [0.1, 0.15) is 52.5 Å². The van der Waals surface area contributed by atoms with Gasteiger partial charge >= 0.3 is 0 Å². The molecule has 30 heavy (non-hydrogen) atoms. The Morgan fingerprint density at radius 1 is 1.17 bits per heavy atom. The standard InChI is InChI=1S/C25H28O4S/c1-3-16-4-6-17(7-5-16)8-21-15(2)30-24-9-18-14-28-25(23(18)11-22(21)24)12-19(27)10-20(13-26)29-25/h4-7,9,11,19-20,26-27H,3,8,10,12-14H2,1-2H3/t19-,20-,25+/m0/s1. The second-order valence-electron chi connectivity index (χ2n) is 8.55. The van der Waals surface area contributed by atoms with Gasteiger partial charge in [-0.1, -0.05) is 31.2 Å². The first-order valence-corrected chi connectivity index (χ1v) is 11.6. The minimum absolute atomic E-state index is 0.115. The summed E-state index contributed by atoms with van der Waals surface area (Å²) in [6.07, 6.45) is 1.84. The summed E-state index contributed by atoms with van der Waals surface area (Å²) in [5.74, 6) is -0.954. The Labute approximate surface area is 181 Å². The molecule has 1 aromatic heterocycles. The molecule has 0 bridgehead atoms. The number of fused-ring (bicyclic) bond motifs is 3. The molecule has 2 aliphatic heterocycles. The minimum Gasteiger partial charge on any atom is -0.394 e. The molecule has 3 aromatic rings. The maximum atomic E-state index is 10.4. The summed E-state index contributed by atoms with van der Waals surface area (Å²) >= 11 is 1.83. The zero-order valence-corrected chi connectivity index (χ0v) is 18.3.